The number of hydrogen-bond acceptors (Lipinski definition) is 9. The number of esters is 2. The molecule has 0 spiro atoms. The quantitative estimate of drug-likeness (QED) is 0.169. The van der Waals surface area contributed by atoms with Crippen LogP contribution in [0.25, 0.3) is 0 Å². The standard InChI is InChI=1S/C36H37Cl2F2N3O6/c1-35(2,3)17-29-36(19-42,24-11-10-22(37)16-26(24)39)31(23-6-5-7-25(38)32(23)40)33(43-29)27(44)14-20-8-9-21(15-28(20)47-4)34(46)49-13-12-48-30(45)18-41/h5-11,15-16,29,31,33,43H,12-14,17-18,41H2,1-4H3/t29-,31-,33-,36-/m0/s1. The Morgan fingerprint density at radius 1 is 1.04 bits per heavy atom. The summed E-state index contributed by atoms with van der Waals surface area (Å²) in [7, 11) is 1.37. The molecule has 4 rings (SSSR count). The maximum absolute atomic E-state index is 16.0. The van der Waals surface area contributed by atoms with Crippen LogP contribution in [0.15, 0.2) is 54.6 Å². The van der Waals surface area contributed by atoms with Gasteiger partial charge in [-0.1, -0.05) is 68.2 Å². The van der Waals surface area contributed by atoms with Crippen molar-refractivity contribution in [2.75, 3.05) is 26.9 Å². The molecule has 49 heavy (non-hydrogen) atoms. The van der Waals surface area contributed by atoms with E-state index in [0.717, 1.165) is 6.07 Å². The van der Waals surface area contributed by atoms with Gasteiger partial charge in [-0.15, -0.1) is 0 Å². The molecular formula is C36H37Cl2F2N3O6. The lowest BCUT2D eigenvalue weighted by molar-refractivity contribution is -0.143. The Morgan fingerprint density at radius 3 is 2.39 bits per heavy atom. The number of benzene rings is 3. The average Bonchev–Trinajstić information content (AvgIpc) is 3.37. The summed E-state index contributed by atoms with van der Waals surface area (Å²) in [6.45, 7) is 5.17. The van der Waals surface area contributed by atoms with Crippen molar-refractivity contribution >= 4 is 40.9 Å². The number of halogens is 4. The normalized spacial score (nSPS) is 20.4. The summed E-state index contributed by atoms with van der Waals surface area (Å²) in [5, 5.41) is 14.3. The van der Waals surface area contributed by atoms with Crippen LogP contribution in [0, 0.1) is 28.4 Å². The second-order valence-corrected chi connectivity index (χ2v) is 13.8. The van der Waals surface area contributed by atoms with Crippen molar-refractivity contribution in [3.63, 3.8) is 0 Å². The summed E-state index contributed by atoms with van der Waals surface area (Å²) in [6, 6.07) is 13.0. The Hall–Kier alpha value is -4.08. The van der Waals surface area contributed by atoms with Gasteiger partial charge in [0.15, 0.2) is 5.78 Å². The van der Waals surface area contributed by atoms with E-state index in [4.69, 9.17) is 43.1 Å². The minimum absolute atomic E-state index is 0.0205. The highest BCUT2D eigenvalue weighted by Gasteiger charge is 2.60. The van der Waals surface area contributed by atoms with Gasteiger partial charge in [0, 0.05) is 34.5 Å². The lowest BCUT2D eigenvalue weighted by Crippen LogP contribution is -2.44. The third-order valence-electron chi connectivity index (χ3n) is 8.43. The number of ketones is 1. The number of nitrogens with two attached hydrogens (primary N) is 1. The molecule has 4 atom stereocenters. The Balaban J connectivity index is 1.76. The van der Waals surface area contributed by atoms with E-state index in [2.05, 4.69) is 11.4 Å². The minimum Gasteiger partial charge on any atom is -0.496 e. The van der Waals surface area contributed by atoms with Gasteiger partial charge < -0.3 is 25.3 Å². The summed E-state index contributed by atoms with van der Waals surface area (Å²) >= 11 is 12.3. The van der Waals surface area contributed by atoms with Crippen molar-refractivity contribution in [2.45, 2.75) is 57.0 Å². The van der Waals surface area contributed by atoms with Crippen LogP contribution in [0.4, 0.5) is 8.78 Å². The van der Waals surface area contributed by atoms with Crippen molar-refractivity contribution in [1.29, 1.82) is 5.26 Å². The Labute approximate surface area is 293 Å². The maximum atomic E-state index is 16.0. The van der Waals surface area contributed by atoms with E-state index in [0.29, 0.717) is 12.0 Å². The Bertz CT molecular complexity index is 1780. The molecule has 3 N–H and O–H groups in total. The van der Waals surface area contributed by atoms with Crippen LogP contribution in [-0.4, -0.2) is 56.7 Å². The summed E-state index contributed by atoms with van der Waals surface area (Å²) in [4.78, 5) is 38.2. The zero-order valence-electron chi connectivity index (χ0n) is 27.4. The monoisotopic (exact) mass is 715 g/mol. The van der Waals surface area contributed by atoms with Crippen molar-refractivity contribution in [1.82, 2.24) is 5.32 Å². The number of rotatable bonds is 12. The molecule has 1 fully saturated rings. The van der Waals surface area contributed by atoms with Gasteiger partial charge in [-0.3, -0.25) is 9.59 Å². The van der Waals surface area contributed by atoms with Crippen LogP contribution in [0.5, 0.6) is 5.75 Å². The SMILES string of the molecule is COc1cc(C(=O)OCCOC(=O)CN)ccc1CC(=O)[C@@H]1N[C@@H](CC(C)(C)C)[C@](C#N)(c2ccc(Cl)cc2F)[C@H]1c1cccc(Cl)c1F. The number of ether oxygens (including phenoxy) is 3. The number of nitrogens with one attached hydrogen (secondary N) is 1. The zero-order valence-corrected chi connectivity index (χ0v) is 29.0. The van der Waals surface area contributed by atoms with Gasteiger partial charge in [-0.05, 0) is 47.7 Å². The molecule has 0 saturated carbocycles. The van der Waals surface area contributed by atoms with Gasteiger partial charge in [0.05, 0.1) is 36.4 Å². The fraction of sp³-hybridized carbons (Fsp3) is 0.389. The van der Waals surface area contributed by atoms with Crippen molar-refractivity contribution < 1.29 is 37.4 Å². The molecule has 1 saturated heterocycles. The zero-order chi connectivity index (χ0) is 36.1. The van der Waals surface area contributed by atoms with Crippen LogP contribution in [0.2, 0.25) is 10.0 Å². The number of nitriles is 1. The molecule has 0 aromatic heterocycles. The molecule has 1 aliphatic heterocycles. The van der Waals surface area contributed by atoms with E-state index in [1.807, 2.05) is 20.8 Å². The first kappa shape index (κ1) is 37.7. The fourth-order valence-electron chi connectivity index (χ4n) is 6.36. The molecule has 3 aromatic carbocycles. The number of carbonyl (C=O) groups excluding carboxylic acids is 3. The van der Waals surface area contributed by atoms with E-state index in [1.54, 1.807) is 0 Å². The van der Waals surface area contributed by atoms with E-state index in [1.165, 1.54) is 55.6 Å². The predicted octanol–water partition coefficient (Wildman–Crippen LogP) is 6.07. The van der Waals surface area contributed by atoms with E-state index in [-0.39, 0.29) is 58.7 Å². The first-order chi connectivity index (χ1) is 23.2. The van der Waals surface area contributed by atoms with Gasteiger partial charge >= 0.3 is 11.9 Å². The third-order valence-corrected chi connectivity index (χ3v) is 8.96. The summed E-state index contributed by atoms with van der Waals surface area (Å²) in [5.74, 6) is -4.41. The van der Waals surface area contributed by atoms with Crippen LogP contribution >= 0.6 is 23.2 Å². The van der Waals surface area contributed by atoms with Gasteiger partial charge in [0.25, 0.3) is 0 Å². The second-order valence-electron chi connectivity index (χ2n) is 12.9. The number of Topliss-reactive ketones (excluding diaryl/α,β-unsaturated/α-hetero) is 1. The van der Waals surface area contributed by atoms with Crippen molar-refractivity contribution in [2.24, 2.45) is 11.1 Å². The molecule has 9 nitrogen and oxygen atoms in total. The highest BCUT2D eigenvalue weighted by atomic mass is 35.5. The molecule has 0 bridgehead atoms. The number of methoxy groups -OCH3 is 1. The third kappa shape index (κ3) is 8.22. The number of hydrogen-bond donors (Lipinski definition) is 2. The minimum atomic E-state index is -1.77. The van der Waals surface area contributed by atoms with Gasteiger partial charge in [-0.25, -0.2) is 13.6 Å². The molecule has 0 aliphatic carbocycles. The fourth-order valence-corrected chi connectivity index (χ4v) is 6.70. The summed E-state index contributed by atoms with van der Waals surface area (Å²) in [6.07, 6.45) is 0.0629. The Kier molecular flexibility index (Phi) is 12.0. The molecule has 0 radical (unpaired) electrons. The van der Waals surface area contributed by atoms with Gasteiger partial charge in [0.1, 0.15) is 36.0 Å². The predicted molar refractivity (Wildman–Crippen MR) is 180 cm³/mol. The first-order valence-corrected chi connectivity index (χ1v) is 16.2. The highest BCUT2D eigenvalue weighted by molar-refractivity contribution is 6.31. The molecule has 0 amide bonds. The lowest BCUT2D eigenvalue weighted by Gasteiger charge is -2.37. The number of carbonyl (C=O) groups is 3. The smallest absolute Gasteiger partial charge is 0.338 e. The van der Waals surface area contributed by atoms with Crippen LogP contribution in [0.3, 0.4) is 0 Å². The van der Waals surface area contributed by atoms with Gasteiger partial charge in [0.2, 0.25) is 0 Å². The van der Waals surface area contributed by atoms with Crippen LogP contribution < -0.4 is 15.8 Å². The molecule has 1 heterocycles. The number of nitrogens with zero attached hydrogens (tertiary/aromatic N) is 1. The second kappa shape index (κ2) is 15.6. The lowest BCUT2D eigenvalue weighted by atomic mass is 9.62. The molecule has 0 unspecified atom stereocenters. The molecule has 260 valence electrons. The highest BCUT2D eigenvalue weighted by Crippen LogP contribution is 2.53. The molecular weight excluding hydrogens is 679 g/mol. The summed E-state index contributed by atoms with van der Waals surface area (Å²) < 4.78 is 47.3. The average molecular weight is 717 g/mol. The Morgan fingerprint density at radius 2 is 1.76 bits per heavy atom. The van der Waals surface area contributed by atoms with Crippen LogP contribution in [0.1, 0.15) is 60.2 Å². The van der Waals surface area contributed by atoms with Crippen LogP contribution in [-0.2, 0) is 30.9 Å². The van der Waals surface area contributed by atoms with Gasteiger partial charge in [-0.2, -0.15) is 5.26 Å². The summed E-state index contributed by atoms with van der Waals surface area (Å²) in [5.41, 5.74) is 3.47. The molecule has 13 heteroatoms. The van der Waals surface area contributed by atoms with E-state index >= 15 is 8.78 Å². The molecule has 3 aromatic rings. The van der Waals surface area contributed by atoms with Crippen molar-refractivity contribution in [3.8, 4) is 11.8 Å². The maximum Gasteiger partial charge on any atom is 0.338 e. The first-order valence-electron chi connectivity index (χ1n) is 15.5. The van der Waals surface area contributed by atoms with Crippen molar-refractivity contribution in [3.05, 3.63) is 98.5 Å². The largest absolute Gasteiger partial charge is 0.496 e. The molecule has 1 aliphatic rings. The van der Waals surface area contributed by atoms with E-state index in [9.17, 15) is 19.6 Å². The van der Waals surface area contributed by atoms with E-state index < -0.39 is 58.2 Å². The topological polar surface area (TPSA) is 141 Å².